The Hall–Kier alpha value is -0.320. The van der Waals surface area contributed by atoms with E-state index in [9.17, 15) is 4.79 Å². The van der Waals surface area contributed by atoms with Crippen LogP contribution in [0.2, 0.25) is 0 Å². The zero-order valence-electron chi connectivity index (χ0n) is 13.7. The molecule has 0 aliphatic carbocycles. The average molecular weight is 318 g/mol. The summed E-state index contributed by atoms with van der Waals surface area (Å²) in [6.45, 7) is 11.0. The third-order valence-electron chi connectivity index (χ3n) is 4.92. The number of hydrogen-bond donors (Lipinski definition) is 2. The van der Waals surface area contributed by atoms with Crippen LogP contribution in [0.4, 0.5) is 0 Å². The Morgan fingerprint density at radius 1 is 1.29 bits per heavy atom. The number of amides is 1. The molecule has 0 aromatic heterocycles. The number of halogens is 1. The van der Waals surface area contributed by atoms with Crippen LogP contribution in [0.3, 0.4) is 0 Å². The first kappa shape index (κ1) is 18.7. The van der Waals surface area contributed by atoms with E-state index in [0.29, 0.717) is 12.0 Å². The standard InChI is InChI=1S/C16H31N3O.ClH/c1-12(2)15(19-9-6-13(3)7-10-19)11-18-16(20)14-5-4-8-17-14;/h12-15,17H,4-11H2,1-3H3,(H,18,20);1H. The summed E-state index contributed by atoms with van der Waals surface area (Å²) >= 11 is 0. The van der Waals surface area contributed by atoms with Crippen LogP contribution < -0.4 is 10.6 Å². The second-order valence-corrected chi connectivity index (χ2v) is 6.92. The maximum atomic E-state index is 12.1. The first-order valence-corrected chi connectivity index (χ1v) is 8.33. The largest absolute Gasteiger partial charge is 0.353 e. The van der Waals surface area contributed by atoms with Crippen LogP contribution in [-0.4, -0.2) is 49.1 Å². The lowest BCUT2D eigenvalue weighted by Crippen LogP contribution is -2.51. The molecule has 2 heterocycles. The summed E-state index contributed by atoms with van der Waals surface area (Å²) in [5.41, 5.74) is 0. The highest BCUT2D eigenvalue weighted by Gasteiger charge is 2.27. The Labute approximate surface area is 135 Å². The molecule has 2 aliphatic rings. The van der Waals surface area contributed by atoms with Gasteiger partial charge in [-0.3, -0.25) is 9.69 Å². The van der Waals surface area contributed by atoms with E-state index in [4.69, 9.17) is 0 Å². The van der Waals surface area contributed by atoms with E-state index in [2.05, 4.69) is 36.3 Å². The third kappa shape index (κ3) is 5.42. The summed E-state index contributed by atoms with van der Waals surface area (Å²) in [5.74, 6) is 1.63. The Morgan fingerprint density at radius 2 is 1.95 bits per heavy atom. The molecule has 2 aliphatic heterocycles. The molecule has 2 rings (SSSR count). The molecule has 21 heavy (non-hydrogen) atoms. The average Bonchev–Trinajstić information content (AvgIpc) is 2.94. The normalized spacial score (nSPS) is 25.6. The van der Waals surface area contributed by atoms with Crippen molar-refractivity contribution in [3.8, 4) is 0 Å². The van der Waals surface area contributed by atoms with Crippen molar-refractivity contribution in [1.29, 1.82) is 0 Å². The lowest BCUT2D eigenvalue weighted by Gasteiger charge is -2.39. The van der Waals surface area contributed by atoms with Crippen molar-refractivity contribution < 1.29 is 4.79 Å². The second kappa shape index (κ2) is 8.96. The minimum absolute atomic E-state index is 0. The van der Waals surface area contributed by atoms with Crippen molar-refractivity contribution in [2.24, 2.45) is 11.8 Å². The van der Waals surface area contributed by atoms with Crippen molar-refractivity contribution in [2.45, 2.75) is 58.5 Å². The van der Waals surface area contributed by atoms with Crippen LogP contribution in [0.25, 0.3) is 0 Å². The molecule has 0 aromatic carbocycles. The van der Waals surface area contributed by atoms with Gasteiger partial charge in [0.2, 0.25) is 5.91 Å². The molecule has 2 saturated heterocycles. The number of hydrogen-bond acceptors (Lipinski definition) is 3. The maximum absolute atomic E-state index is 12.1. The molecule has 5 heteroatoms. The fraction of sp³-hybridized carbons (Fsp3) is 0.938. The summed E-state index contributed by atoms with van der Waals surface area (Å²) in [6, 6.07) is 0.525. The third-order valence-corrected chi connectivity index (χ3v) is 4.92. The fourth-order valence-electron chi connectivity index (χ4n) is 3.38. The highest BCUT2D eigenvalue weighted by atomic mass is 35.5. The molecule has 124 valence electrons. The van der Waals surface area contributed by atoms with Gasteiger partial charge in [0.1, 0.15) is 0 Å². The first-order chi connectivity index (χ1) is 9.58. The Balaban J connectivity index is 0.00000220. The summed E-state index contributed by atoms with van der Waals surface area (Å²) < 4.78 is 0. The van der Waals surface area contributed by atoms with Crippen molar-refractivity contribution in [3.05, 3.63) is 0 Å². The quantitative estimate of drug-likeness (QED) is 0.815. The monoisotopic (exact) mass is 317 g/mol. The Kier molecular flexibility index (Phi) is 7.99. The molecule has 0 aromatic rings. The van der Waals surface area contributed by atoms with Crippen LogP contribution >= 0.6 is 12.4 Å². The van der Waals surface area contributed by atoms with Gasteiger partial charge in [-0.2, -0.15) is 0 Å². The van der Waals surface area contributed by atoms with Crippen molar-refractivity contribution in [2.75, 3.05) is 26.2 Å². The van der Waals surface area contributed by atoms with Gasteiger partial charge in [-0.1, -0.05) is 20.8 Å². The predicted molar refractivity (Wildman–Crippen MR) is 89.9 cm³/mol. The predicted octanol–water partition coefficient (Wildman–Crippen LogP) is 2.03. The van der Waals surface area contributed by atoms with Crippen LogP contribution in [0.5, 0.6) is 0 Å². The minimum Gasteiger partial charge on any atom is -0.353 e. The van der Waals surface area contributed by atoms with Crippen LogP contribution in [-0.2, 0) is 4.79 Å². The SMILES string of the molecule is CC1CCN(C(CNC(=O)C2CCCN2)C(C)C)CC1.Cl. The number of likely N-dealkylation sites (tertiary alicyclic amines) is 1. The summed E-state index contributed by atoms with van der Waals surface area (Å²) in [5, 5.41) is 6.44. The van der Waals surface area contributed by atoms with E-state index in [1.54, 1.807) is 0 Å². The number of rotatable bonds is 5. The molecule has 4 nitrogen and oxygen atoms in total. The molecule has 0 saturated carbocycles. The smallest absolute Gasteiger partial charge is 0.237 e. The van der Waals surface area contributed by atoms with Gasteiger partial charge in [-0.05, 0) is 57.2 Å². The van der Waals surface area contributed by atoms with Gasteiger partial charge < -0.3 is 10.6 Å². The maximum Gasteiger partial charge on any atom is 0.237 e. The summed E-state index contributed by atoms with van der Waals surface area (Å²) in [6.07, 6.45) is 4.69. The zero-order chi connectivity index (χ0) is 14.5. The molecular weight excluding hydrogens is 286 g/mol. The molecule has 1 amide bonds. The minimum atomic E-state index is 0. The number of nitrogens with one attached hydrogen (secondary N) is 2. The van der Waals surface area contributed by atoms with Crippen molar-refractivity contribution in [3.63, 3.8) is 0 Å². The Bertz CT molecular complexity index is 311. The van der Waals surface area contributed by atoms with Gasteiger partial charge in [-0.15, -0.1) is 12.4 Å². The van der Waals surface area contributed by atoms with Gasteiger partial charge in [0, 0.05) is 12.6 Å². The molecule has 2 N–H and O–H groups in total. The van der Waals surface area contributed by atoms with Crippen LogP contribution in [0.15, 0.2) is 0 Å². The molecule has 0 radical (unpaired) electrons. The van der Waals surface area contributed by atoms with E-state index in [1.807, 2.05) is 0 Å². The summed E-state index contributed by atoms with van der Waals surface area (Å²) in [7, 11) is 0. The summed E-state index contributed by atoms with van der Waals surface area (Å²) in [4.78, 5) is 14.7. The lowest BCUT2D eigenvalue weighted by molar-refractivity contribution is -0.123. The van der Waals surface area contributed by atoms with Gasteiger partial charge in [-0.25, -0.2) is 0 Å². The highest BCUT2D eigenvalue weighted by Crippen LogP contribution is 2.21. The highest BCUT2D eigenvalue weighted by molar-refractivity contribution is 5.85. The zero-order valence-corrected chi connectivity index (χ0v) is 14.5. The van der Waals surface area contributed by atoms with E-state index in [-0.39, 0.29) is 24.4 Å². The molecule has 0 spiro atoms. The van der Waals surface area contributed by atoms with Gasteiger partial charge in [0.15, 0.2) is 0 Å². The van der Waals surface area contributed by atoms with E-state index in [1.165, 1.54) is 25.9 Å². The Morgan fingerprint density at radius 3 is 2.48 bits per heavy atom. The molecule has 2 fully saturated rings. The fourth-order valence-corrected chi connectivity index (χ4v) is 3.38. The van der Waals surface area contributed by atoms with E-state index < -0.39 is 0 Å². The second-order valence-electron chi connectivity index (χ2n) is 6.92. The number of carbonyl (C=O) groups is 1. The molecule has 2 atom stereocenters. The van der Waals surface area contributed by atoms with Gasteiger partial charge in [0.05, 0.1) is 6.04 Å². The van der Waals surface area contributed by atoms with Crippen LogP contribution in [0, 0.1) is 11.8 Å². The molecular formula is C16H32ClN3O. The lowest BCUT2D eigenvalue weighted by atomic mass is 9.94. The van der Waals surface area contributed by atoms with Gasteiger partial charge in [0.25, 0.3) is 0 Å². The van der Waals surface area contributed by atoms with Crippen LogP contribution in [0.1, 0.15) is 46.5 Å². The molecule has 0 bridgehead atoms. The van der Waals surface area contributed by atoms with Gasteiger partial charge >= 0.3 is 0 Å². The number of carbonyl (C=O) groups excluding carboxylic acids is 1. The van der Waals surface area contributed by atoms with E-state index >= 15 is 0 Å². The van der Waals surface area contributed by atoms with Crippen molar-refractivity contribution >= 4 is 18.3 Å². The number of nitrogens with zero attached hydrogens (tertiary/aromatic N) is 1. The topological polar surface area (TPSA) is 44.4 Å². The first-order valence-electron chi connectivity index (χ1n) is 8.33. The number of piperidine rings is 1. The van der Waals surface area contributed by atoms with E-state index in [0.717, 1.165) is 31.8 Å². The van der Waals surface area contributed by atoms with Crippen molar-refractivity contribution in [1.82, 2.24) is 15.5 Å². The molecule has 2 unspecified atom stereocenters.